The SMILES string of the molecule is CCC1Oc2ccccc2C1(Br)C1=C(F)C(F)(F)C(F)(F)C1(F)F. The average Bonchev–Trinajstić information content (AvgIpc) is 2.83. The first-order valence-electron chi connectivity index (χ1n) is 6.93. The zero-order chi connectivity index (χ0) is 18.1. The number of halogens is 8. The van der Waals surface area contributed by atoms with Crippen molar-refractivity contribution < 1.29 is 35.5 Å². The summed E-state index contributed by atoms with van der Waals surface area (Å²) in [6.45, 7) is 1.48. The van der Waals surface area contributed by atoms with Gasteiger partial charge in [-0.2, -0.15) is 26.3 Å². The molecule has 1 aromatic rings. The first-order valence-corrected chi connectivity index (χ1v) is 7.73. The maximum Gasteiger partial charge on any atom is 0.382 e. The van der Waals surface area contributed by atoms with E-state index < -0.39 is 39.6 Å². The summed E-state index contributed by atoms with van der Waals surface area (Å²) in [6.07, 6.45) is -1.27. The third kappa shape index (κ3) is 1.76. The highest BCUT2D eigenvalue weighted by Gasteiger charge is 2.84. The van der Waals surface area contributed by atoms with Crippen LogP contribution >= 0.6 is 15.9 Å². The minimum Gasteiger partial charge on any atom is -0.488 e. The van der Waals surface area contributed by atoms with Crippen molar-refractivity contribution in [2.45, 2.75) is 41.5 Å². The summed E-state index contributed by atoms with van der Waals surface area (Å²) >= 11 is 2.85. The molecule has 0 amide bonds. The van der Waals surface area contributed by atoms with E-state index in [0.717, 1.165) is 0 Å². The van der Waals surface area contributed by atoms with Gasteiger partial charge in [-0.1, -0.05) is 41.1 Å². The molecule has 0 N–H and O–H groups in total. The van der Waals surface area contributed by atoms with Gasteiger partial charge in [0.15, 0.2) is 5.83 Å². The van der Waals surface area contributed by atoms with E-state index >= 15 is 0 Å². The van der Waals surface area contributed by atoms with E-state index in [-0.39, 0.29) is 17.7 Å². The number of ether oxygens (including phenoxy) is 1. The predicted octanol–water partition coefficient (Wildman–Crippen LogP) is 5.59. The molecule has 1 heterocycles. The van der Waals surface area contributed by atoms with Crippen LogP contribution < -0.4 is 4.74 Å². The largest absolute Gasteiger partial charge is 0.488 e. The molecule has 0 saturated heterocycles. The second-order valence-corrected chi connectivity index (χ2v) is 6.89. The van der Waals surface area contributed by atoms with Crippen LogP contribution in [-0.2, 0) is 4.32 Å². The Hall–Kier alpha value is -1.25. The number of para-hydroxylation sites is 1. The smallest absolute Gasteiger partial charge is 0.382 e. The quantitative estimate of drug-likeness (QED) is 0.449. The van der Waals surface area contributed by atoms with Gasteiger partial charge < -0.3 is 4.74 Å². The Morgan fingerprint density at radius 2 is 1.62 bits per heavy atom. The van der Waals surface area contributed by atoms with E-state index in [0.29, 0.717) is 0 Å². The van der Waals surface area contributed by atoms with E-state index in [9.17, 15) is 30.7 Å². The summed E-state index contributed by atoms with van der Waals surface area (Å²) in [6, 6.07) is 5.48. The average molecular weight is 419 g/mol. The molecule has 0 saturated carbocycles. The highest BCUT2D eigenvalue weighted by molar-refractivity contribution is 9.09. The highest BCUT2D eigenvalue weighted by Crippen LogP contribution is 2.67. The summed E-state index contributed by atoms with van der Waals surface area (Å²) in [7, 11) is 0. The van der Waals surface area contributed by atoms with Crippen LogP contribution in [0.1, 0.15) is 18.9 Å². The predicted molar refractivity (Wildman–Crippen MR) is 74.7 cm³/mol. The van der Waals surface area contributed by atoms with Crippen LogP contribution in [-0.4, -0.2) is 23.9 Å². The Bertz CT molecular complexity index is 730. The van der Waals surface area contributed by atoms with Crippen LogP contribution in [0.5, 0.6) is 5.75 Å². The maximum atomic E-state index is 14.2. The van der Waals surface area contributed by atoms with Crippen molar-refractivity contribution in [3.8, 4) is 5.75 Å². The Balaban J connectivity index is 2.32. The molecule has 132 valence electrons. The number of hydrogen-bond donors (Lipinski definition) is 0. The molecule has 1 nitrogen and oxygen atoms in total. The fourth-order valence-corrected chi connectivity index (χ4v) is 4.28. The normalized spacial score (nSPS) is 32.6. The van der Waals surface area contributed by atoms with Crippen LogP contribution in [0.3, 0.4) is 0 Å². The third-order valence-electron chi connectivity index (χ3n) is 4.32. The standard InChI is InChI=1S/C15H10BrF7O/c1-2-9-12(16,7-5-3-4-6-8(7)24-9)10-11(17)14(20,21)15(22,23)13(10,18)19/h3-6,9H,2H2,1H3. The van der Waals surface area contributed by atoms with Crippen LogP contribution in [0, 0.1) is 0 Å². The lowest BCUT2D eigenvalue weighted by atomic mass is 9.84. The summed E-state index contributed by atoms with van der Waals surface area (Å²) in [5, 5.41) is 0. The van der Waals surface area contributed by atoms with Crippen molar-refractivity contribution in [3.63, 3.8) is 0 Å². The first-order chi connectivity index (χ1) is 10.9. The topological polar surface area (TPSA) is 9.23 Å². The molecule has 9 heteroatoms. The van der Waals surface area contributed by atoms with Gasteiger partial charge in [-0.25, -0.2) is 4.39 Å². The number of hydrogen-bond acceptors (Lipinski definition) is 1. The molecule has 2 aliphatic rings. The van der Waals surface area contributed by atoms with Gasteiger partial charge in [-0.05, 0) is 12.5 Å². The minimum atomic E-state index is -5.88. The Labute approximate surface area is 140 Å². The van der Waals surface area contributed by atoms with Crippen molar-refractivity contribution >= 4 is 15.9 Å². The van der Waals surface area contributed by atoms with E-state index in [4.69, 9.17) is 4.74 Å². The maximum absolute atomic E-state index is 14.2. The number of rotatable bonds is 2. The molecule has 1 aromatic carbocycles. The molecule has 3 rings (SSSR count). The summed E-state index contributed by atoms with van der Waals surface area (Å²) in [5.41, 5.74) is -2.09. The number of fused-ring (bicyclic) bond motifs is 1. The van der Waals surface area contributed by atoms with Gasteiger partial charge in [0, 0.05) is 5.56 Å². The molecule has 2 unspecified atom stereocenters. The number of allylic oxidation sites excluding steroid dienone is 1. The molecule has 0 bridgehead atoms. The number of alkyl halides is 7. The molecule has 0 aromatic heterocycles. The second kappa shape index (κ2) is 4.89. The zero-order valence-corrected chi connectivity index (χ0v) is 13.6. The van der Waals surface area contributed by atoms with Gasteiger partial charge >= 0.3 is 17.8 Å². The van der Waals surface area contributed by atoms with Crippen molar-refractivity contribution in [1.29, 1.82) is 0 Å². The van der Waals surface area contributed by atoms with E-state index in [1.165, 1.54) is 31.2 Å². The molecule has 1 aliphatic heterocycles. The Morgan fingerprint density at radius 3 is 2.12 bits per heavy atom. The fourth-order valence-electron chi connectivity index (χ4n) is 3.11. The molecule has 1 aliphatic carbocycles. The van der Waals surface area contributed by atoms with Gasteiger partial charge in [-0.15, -0.1) is 0 Å². The minimum absolute atomic E-state index is 0.00999. The second-order valence-electron chi connectivity index (χ2n) is 5.63. The lowest BCUT2D eigenvalue weighted by Crippen LogP contribution is -2.51. The Kier molecular flexibility index (Phi) is 3.58. The van der Waals surface area contributed by atoms with Gasteiger partial charge in [-0.3, -0.25) is 0 Å². The van der Waals surface area contributed by atoms with E-state index in [2.05, 4.69) is 15.9 Å². The van der Waals surface area contributed by atoms with Gasteiger partial charge in [0.25, 0.3) is 0 Å². The van der Waals surface area contributed by atoms with Gasteiger partial charge in [0.05, 0.1) is 5.57 Å². The number of benzene rings is 1. The van der Waals surface area contributed by atoms with Crippen LogP contribution in [0.15, 0.2) is 35.7 Å². The highest BCUT2D eigenvalue weighted by atomic mass is 79.9. The lowest BCUT2D eigenvalue weighted by Gasteiger charge is -2.33. The van der Waals surface area contributed by atoms with E-state index in [1.807, 2.05) is 0 Å². The van der Waals surface area contributed by atoms with Crippen LogP contribution in [0.25, 0.3) is 0 Å². The van der Waals surface area contributed by atoms with Crippen molar-refractivity contribution in [2.75, 3.05) is 0 Å². The summed E-state index contributed by atoms with van der Waals surface area (Å²) in [5.74, 6) is -19.7. The third-order valence-corrected chi connectivity index (χ3v) is 5.66. The molecule has 0 radical (unpaired) electrons. The molecule has 2 atom stereocenters. The first kappa shape index (κ1) is 17.6. The Morgan fingerprint density at radius 1 is 1.04 bits per heavy atom. The summed E-state index contributed by atoms with van der Waals surface area (Å²) < 4.78 is 100.0. The molecule has 0 spiro atoms. The van der Waals surface area contributed by atoms with E-state index in [1.54, 1.807) is 0 Å². The lowest BCUT2D eigenvalue weighted by molar-refractivity contribution is -0.269. The van der Waals surface area contributed by atoms with Crippen LogP contribution in [0.2, 0.25) is 0 Å². The van der Waals surface area contributed by atoms with Crippen molar-refractivity contribution in [1.82, 2.24) is 0 Å². The molecule has 24 heavy (non-hydrogen) atoms. The molecular weight excluding hydrogens is 409 g/mol. The summed E-state index contributed by atoms with van der Waals surface area (Å²) in [4.78, 5) is 0. The monoisotopic (exact) mass is 418 g/mol. The van der Waals surface area contributed by atoms with Gasteiger partial charge in [0.2, 0.25) is 0 Å². The fraction of sp³-hybridized carbons (Fsp3) is 0.467. The van der Waals surface area contributed by atoms with Gasteiger partial charge in [0.1, 0.15) is 16.2 Å². The molecular formula is C15H10BrF7O. The molecule has 0 fully saturated rings. The van der Waals surface area contributed by atoms with Crippen molar-refractivity contribution in [3.05, 3.63) is 41.2 Å². The zero-order valence-electron chi connectivity index (χ0n) is 12.0. The van der Waals surface area contributed by atoms with Crippen molar-refractivity contribution in [2.24, 2.45) is 0 Å². The van der Waals surface area contributed by atoms with Crippen LogP contribution in [0.4, 0.5) is 30.7 Å².